The topological polar surface area (TPSA) is 237 Å². The maximum Gasteiger partial charge on any atom is 0.472 e. The first-order valence-electron chi connectivity index (χ1n) is 38.5. The van der Waals surface area contributed by atoms with Gasteiger partial charge in [-0.25, -0.2) is 9.13 Å². The van der Waals surface area contributed by atoms with Crippen LogP contribution >= 0.6 is 15.6 Å². The average molecular weight is 1370 g/mol. The van der Waals surface area contributed by atoms with E-state index < -0.39 is 97.5 Å². The third-order valence-corrected chi connectivity index (χ3v) is 19.5. The molecule has 0 saturated carbocycles. The number of carbonyl (C=O) groups is 4. The lowest BCUT2D eigenvalue weighted by Gasteiger charge is -2.21. The minimum atomic E-state index is -4.95. The van der Waals surface area contributed by atoms with Crippen molar-refractivity contribution in [3.8, 4) is 0 Å². The fourth-order valence-electron chi connectivity index (χ4n) is 11.3. The van der Waals surface area contributed by atoms with Crippen molar-refractivity contribution in [2.45, 2.75) is 400 Å². The predicted octanol–water partition coefficient (Wildman–Crippen LogP) is 21.6. The van der Waals surface area contributed by atoms with Gasteiger partial charge in [0.1, 0.15) is 19.3 Å². The Morgan fingerprint density at radius 3 is 0.817 bits per heavy atom. The number of aliphatic hydroxyl groups is 1. The molecule has 0 rings (SSSR count). The highest BCUT2D eigenvalue weighted by molar-refractivity contribution is 7.47. The molecule has 6 atom stereocenters. The standard InChI is InChI=1S/C74H144O17P2/c1-7-10-12-14-15-16-17-18-19-20-21-22-23-28-31-34-40-46-52-58-73(78)91-70(63-85-72(77)57-51-45-39-33-30-27-25-24-26-29-32-37-43-48-54-66(4)5)65-89-93(82,83)87-61-68(75)60-86-92(80,81)88-64-69(62-84-71(76)56-50-42-13-11-8-2)90-74(79)59-53-47-41-36-35-38-44-49-55-67(6)9-3/h66-70,75H,7-65H2,1-6H3,(H,80,81)(H,82,83)/t67?,68-,69+,70+/m0/s1. The van der Waals surface area contributed by atoms with Crippen molar-refractivity contribution >= 4 is 39.5 Å². The van der Waals surface area contributed by atoms with Crippen molar-refractivity contribution in [1.29, 1.82) is 0 Å². The Morgan fingerprint density at radius 2 is 0.548 bits per heavy atom. The van der Waals surface area contributed by atoms with Gasteiger partial charge in [-0.15, -0.1) is 0 Å². The molecule has 0 aromatic heterocycles. The van der Waals surface area contributed by atoms with Gasteiger partial charge in [0, 0.05) is 25.7 Å². The molecule has 0 aliphatic carbocycles. The van der Waals surface area contributed by atoms with E-state index in [0.29, 0.717) is 25.7 Å². The molecule has 3 unspecified atom stereocenters. The van der Waals surface area contributed by atoms with Crippen molar-refractivity contribution in [2.75, 3.05) is 39.6 Å². The van der Waals surface area contributed by atoms with Crippen LogP contribution in [0, 0.1) is 11.8 Å². The number of aliphatic hydroxyl groups excluding tert-OH is 1. The van der Waals surface area contributed by atoms with Crippen LogP contribution in [0.15, 0.2) is 0 Å². The monoisotopic (exact) mass is 1370 g/mol. The van der Waals surface area contributed by atoms with Gasteiger partial charge in [0.25, 0.3) is 0 Å². The third kappa shape index (κ3) is 67.0. The van der Waals surface area contributed by atoms with E-state index in [0.717, 1.165) is 108 Å². The van der Waals surface area contributed by atoms with Crippen molar-refractivity contribution < 1.29 is 80.2 Å². The Kier molecular flexibility index (Phi) is 64.6. The Bertz CT molecular complexity index is 1810. The first-order valence-corrected chi connectivity index (χ1v) is 41.5. The van der Waals surface area contributed by atoms with Crippen LogP contribution in [-0.2, 0) is 65.4 Å². The molecule has 552 valence electrons. The van der Waals surface area contributed by atoms with Crippen LogP contribution in [0.4, 0.5) is 0 Å². The molecule has 93 heavy (non-hydrogen) atoms. The first kappa shape index (κ1) is 91.1. The Hall–Kier alpha value is -1.94. The number of phosphoric acid groups is 2. The lowest BCUT2D eigenvalue weighted by molar-refractivity contribution is -0.161. The number of ether oxygens (including phenoxy) is 4. The molecule has 0 radical (unpaired) electrons. The van der Waals surface area contributed by atoms with E-state index in [1.807, 2.05) is 0 Å². The smallest absolute Gasteiger partial charge is 0.462 e. The Morgan fingerprint density at radius 1 is 0.312 bits per heavy atom. The molecule has 0 aromatic rings. The number of hydrogen-bond acceptors (Lipinski definition) is 15. The maximum absolute atomic E-state index is 13.1. The summed E-state index contributed by atoms with van der Waals surface area (Å²) in [5.41, 5.74) is 0. The zero-order valence-corrected chi connectivity index (χ0v) is 62.3. The van der Waals surface area contributed by atoms with Crippen LogP contribution in [0.3, 0.4) is 0 Å². The van der Waals surface area contributed by atoms with Crippen molar-refractivity contribution in [3.05, 3.63) is 0 Å². The van der Waals surface area contributed by atoms with Crippen LogP contribution in [0.25, 0.3) is 0 Å². The predicted molar refractivity (Wildman–Crippen MR) is 377 cm³/mol. The van der Waals surface area contributed by atoms with E-state index in [1.165, 1.54) is 193 Å². The fourth-order valence-corrected chi connectivity index (χ4v) is 12.8. The second kappa shape index (κ2) is 66.0. The average Bonchev–Trinajstić information content (AvgIpc) is 2.72. The number of unbranched alkanes of at least 4 members (excludes halogenated alkanes) is 42. The molecule has 0 aliphatic heterocycles. The van der Waals surface area contributed by atoms with Gasteiger partial charge in [-0.1, -0.05) is 330 Å². The van der Waals surface area contributed by atoms with Gasteiger partial charge in [0.05, 0.1) is 26.4 Å². The molecule has 3 N–H and O–H groups in total. The van der Waals surface area contributed by atoms with Gasteiger partial charge < -0.3 is 33.8 Å². The number of esters is 4. The molecule has 0 aliphatic rings. The molecule has 0 heterocycles. The molecule has 0 spiro atoms. The second-order valence-corrected chi connectivity index (χ2v) is 30.3. The van der Waals surface area contributed by atoms with Crippen LogP contribution in [0.1, 0.15) is 382 Å². The minimum Gasteiger partial charge on any atom is -0.462 e. The van der Waals surface area contributed by atoms with Gasteiger partial charge in [0.2, 0.25) is 0 Å². The lowest BCUT2D eigenvalue weighted by atomic mass is 9.99. The van der Waals surface area contributed by atoms with Gasteiger partial charge in [-0.05, 0) is 37.5 Å². The normalized spacial score (nSPS) is 14.3. The summed E-state index contributed by atoms with van der Waals surface area (Å²) in [6.07, 6.45) is 53.2. The van der Waals surface area contributed by atoms with Gasteiger partial charge >= 0.3 is 39.5 Å². The zero-order valence-electron chi connectivity index (χ0n) is 60.6. The summed E-state index contributed by atoms with van der Waals surface area (Å²) < 4.78 is 68.2. The SMILES string of the molecule is CCCCCCCCCCCCCCCCCCCCCC(=O)O[C@H](COC(=O)CCCCCCCCCCCCCCCCC(C)C)COP(=O)(O)OC[C@@H](O)COP(=O)(O)OC[C@@H](COC(=O)CCCCCCC)OC(=O)CCCCCCCCCCC(C)CC. The lowest BCUT2D eigenvalue weighted by Crippen LogP contribution is -2.30. The number of rotatable bonds is 73. The quantitative estimate of drug-likeness (QED) is 0.0222. The van der Waals surface area contributed by atoms with Crippen molar-refractivity contribution in [2.24, 2.45) is 11.8 Å². The molecule has 17 nitrogen and oxygen atoms in total. The largest absolute Gasteiger partial charge is 0.472 e. The van der Waals surface area contributed by atoms with E-state index in [-0.39, 0.29) is 25.7 Å². The van der Waals surface area contributed by atoms with E-state index in [4.69, 9.17) is 37.0 Å². The highest BCUT2D eigenvalue weighted by Crippen LogP contribution is 2.45. The molecular formula is C74H144O17P2. The summed E-state index contributed by atoms with van der Waals surface area (Å²) >= 11 is 0. The molecule has 0 bridgehead atoms. The van der Waals surface area contributed by atoms with E-state index in [1.54, 1.807) is 0 Å². The van der Waals surface area contributed by atoms with E-state index in [9.17, 15) is 43.2 Å². The minimum absolute atomic E-state index is 0.104. The summed E-state index contributed by atoms with van der Waals surface area (Å²) in [7, 11) is -9.90. The van der Waals surface area contributed by atoms with Crippen LogP contribution in [0.2, 0.25) is 0 Å². The van der Waals surface area contributed by atoms with Crippen LogP contribution in [-0.4, -0.2) is 96.7 Å². The highest BCUT2D eigenvalue weighted by atomic mass is 31.2. The van der Waals surface area contributed by atoms with Crippen LogP contribution in [0.5, 0.6) is 0 Å². The maximum atomic E-state index is 13.1. The molecule has 0 saturated heterocycles. The number of phosphoric ester groups is 2. The second-order valence-electron chi connectivity index (χ2n) is 27.4. The van der Waals surface area contributed by atoms with Gasteiger partial charge in [-0.3, -0.25) is 37.3 Å². The molecule has 0 fully saturated rings. The number of carbonyl (C=O) groups excluding carboxylic acids is 4. The summed E-state index contributed by atoms with van der Waals surface area (Å²) in [4.78, 5) is 72.4. The van der Waals surface area contributed by atoms with Crippen molar-refractivity contribution in [3.63, 3.8) is 0 Å². The molecule has 0 aromatic carbocycles. The molecule has 19 heteroatoms. The fraction of sp³-hybridized carbons (Fsp3) is 0.946. The summed E-state index contributed by atoms with van der Waals surface area (Å²) in [6, 6.07) is 0. The summed E-state index contributed by atoms with van der Waals surface area (Å²) in [5, 5.41) is 10.6. The zero-order chi connectivity index (χ0) is 68.6. The van der Waals surface area contributed by atoms with Crippen molar-refractivity contribution in [1.82, 2.24) is 0 Å². The number of hydrogen-bond donors (Lipinski definition) is 3. The molecule has 0 amide bonds. The third-order valence-electron chi connectivity index (χ3n) is 17.6. The van der Waals surface area contributed by atoms with E-state index in [2.05, 4.69) is 41.5 Å². The Labute approximate surface area is 568 Å². The van der Waals surface area contributed by atoms with Gasteiger partial charge in [-0.2, -0.15) is 0 Å². The van der Waals surface area contributed by atoms with Crippen LogP contribution < -0.4 is 0 Å². The Balaban J connectivity index is 5.15. The summed E-state index contributed by atoms with van der Waals surface area (Å²) in [5.74, 6) is -0.562. The summed E-state index contributed by atoms with van der Waals surface area (Å²) in [6.45, 7) is 9.51. The molecular weight excluding hydrogens is 1220 g/mol. The van der Waals surface area contributed by atoms with E-state index >= 15 is 0 Å². The van der Waals surface area contributed by atoms with Gasteiger partial charge in [0.15, 0.2) is 12.2 Å². The first-order chi connectivity index (χ1) is 44.9. The highest BCUT2D eigenvalue weighted by Gasteiger charge is 2.30.